The van der Waals surface area contributed by atoms with Crippen LogP contribution in [-0.2, 0) is 16.1 Å². The topological polar surface area (TPSA) is 46.5 Å². The van der Waals surface area contributed by atoms with Crippen LogP contribution < -0.4 is 0 Å². The maximum Gasteiger partial charge on any atom is 0.312 e. The minimum Gasteiger partial charge on any atom is -0.460 e. The van der Waals surface area contributed by atoms with E-state index in [1.165, 1.54) is 0 Å². The molecule has 0 radical (unpaired) electrons. The monoisotopic (exact) mass is 234 g/mol. The van der Waals surface area contributed by atoms with Gasteiger partial charge in [0.25, 0.3) is 0 Å². The lowest BCUT2D eigenvalue weighted by atomic mass is 10.0. The van der Waals surface area contributed by atoms with E-state index in [4.69, 9.17) is 9.84 Å². The molecule has 92 valence electrons. The van der Waals surface area contributed by atoms with Crippen molar-refractivity contribution in [2.24, 2.45) is 5.41 Å². The summed E-state index contributed by atoms with van der Waals surface area (Å²) >= 11 is 0. The van der Waals surface area contributed by atoms with Gasteiger partial charge in [-0.3, -0.25) is 4.79 Å². The molecule has 1 N–H and O–H groups in total. The van der Waals surface area contributed by atoms with Gasteiger partial charge in [0.2, 0.25) is 0 Å². The van der Waals surface area contributed by atoms with Crippen LogP contribution in [0.25, 0.3) is 0 Å². The number of ether oxygens (including phenoxy) is 1. The number of carbonyl (C=O) groups is 1. The summed E-state index contributed by atoms with van der Waals surface area (Å²) in [6.45, 7) is 0.494. The second kappa shape index (κ2) is 5.32. The fourth-order valence-corrected chi connectivity index (χ4v) is 2.00. The third kappa shape index (κ3) is 3.07. The predicted octanol–water partition coefficient (Wildman–Crippen LogP) is 2.28. The second-order valence-corrected chi connectivity index (χ2v) is 4.67. The summed E-state index contributed by atoms with van der Waals surface area (Å²) in [5.74, 6) is -0.102. The van der Waals surface area contributed by atoms with Crippen LogP contribution in [0.5, 0.6) is 0 Å². The number of benzene rings is 1. The van der Waals surface area contributed by atoms with Gasteiger partial charge in [-0.15, -0.1) is 0 Å². The van der Waals surface area contributed by atoms with Crippen molar-refractivity contribution in [3.8, 4) is 0 Å². The third-order valence-corrected chi connectivity index (χ3v) is 3.31. The highest BCUT2D eigenvalue weighted by molar-refractivity contribution is 5.79. The van der Waals surface area contributed by atoms with Crippen LogP contribution in [0.15, 0.2) is 30.3 Å². The van der Waals surface area contributed by atoms with E-state index in [1.807, 2.05) is 30.3 Å². The quantitative estimate of drug-likeness (QED) is 0.768. The molecule has 1 saturated carbocycles. The minimum atomic E-state index is -0.280. The Morgan fingerprint density at radius 3 is 2.59 bits per heavy atom. The van der Waals surface area contributed by atoms with Gasteiger partial charge >= 0.3 is 5.97 Å². The first-order valence-electron chi connectivity index (χ1n) is 6.09. The smallest absolute Gasteiger partial charge is 0.312 e. The lowest BCUT2D eigenvalue weighted by Gasteiger charge is -2.13. The van der Waals surface area contributed by atoms with Crippen LogP contribution in [0.4, 0.5) is 0 Å². The molecule has 0 saturated heterocycles. The van der Waals surface area contributed by atoms with Crippen molar-refractivity contribution in [2.75, 3.05) is 6.61 Å². The van der Waals surface area contributed by atoms with Gasteiger partial charge in [-0.05, 0) is 31.2 Å². The van der Waals surface area contributed by atoms with Gasteiger partial charge < -0.3 is 9.84 Å². The van der Waals surface area contributed by atoms with E-state index < -0.39 is 0 Å². The lowest BCUT2D eigenvalue weighted by molar-refractivity contribution is -0.152. The Labute approximate surface area is 101 Å². The number of hydrogen-bond donors (Lipinski definition) is 1. The van der Waals surface area contributed by atoms with Gasteiger partial charge in [0.1, 0.15) is 6.61 Å². The average Bonchev–Trinajstić information content (AvgIpc) is 3.16. The predicted molar refractivity (Wildman–Crippen MR) is 64.2 cm³/mol. The van der Waals surface area contributed by atoms with E-state index in [0.717, 1.165) is 24.8 Å². The van der Waals surface area contributed by atoms with Crippen LogP contribution in [0.2, 0.25) is 0 Å². The zero-order chi connectivity index (χ0) is 12.1. The number of aliphatic hydroxyl groups is 1. The molecule has 0 spiro atoms. The van der Waals surface area contributed by atoms with E-state index in [-0.39, 0.29) is 18.0 Å². The van der Waals surface area contributed by atoms with Crippen LogP contribution in [0.1, 0.15) is 31.2 Å². The first kappa shape index (κ1) is 12.1. The zero-order valence-corrected chi connectivity index (χ0v) is 9.89. The number of hydrogen-bond acceptors (Lipinski definition) is 3. The largest absolute Gasteiger partial charge is 0.460 e. The summed E-state index contributed by atoms with van der Waals surface area (Å²) in [5, 5.41) is 8.79. The van der Waals surface area contributed by atoms with E-state index in [2.05, 4.69) is 0 Å². The Balaban J connectivity index is 1.82. The normalized spacial score (nSPS) is 16.5. The van der Waals surface area contributed by atoms with Crippen molar-refractivity contribution in [2.45, 2.75) is 32.3 Å². The molecule has 3 heteroatoms. The Morgan fingerprint density at radius 1 is 1.29 bits per heavy atom. The molecule has 1 aromatic rings. The standard InChI is InChI=1S/C14H18O3/c15-10-4-7-14(8-9-14)13(16)17-11-12-5-2-1-3-6-12/h1-3,5-6,15H,4,7-11H2. The summed E-state index contributed by atoms with van der Waals surface area (Å²) < 4.78 is 5.33. The second-order valence-electron chi connectivity index (χ2n) is 4.67. The van der Waals surface area contributed by atoms with Crippen molar-refractivity contribution in [3.63, 3.8) is 0 Å². The zero-order valence-electron chi connectivity index (χ0n) is 9.89. The molecule has 0 amide bonds. The molecule has 0 aromatic heterocycles. The summed E-state index contributed by atoms with van der Waals surface area (Å²) in [6, 6.07) is 9.69. The van der Waals surface area contributed by atoms with E-state index in [0.29, 0.717) is 13.0 Å². The fourth-order valence-electron chi connectivity index (χ4n) is 2.00. The van der Waals surface area contributed by atoms with Gasteiger partial charge in [-0.1, -0.05) is 30.3 Å². The molecule has 17 heavy (non-hydrogen) atoms. The number of aliphatic hydroxyl groups excluding tert-OH is 1. The molecule has 0 heterocycles. The van der Waals surface area contributed by atoms with Crippen LogP contribution in [0, 0.1) is 5.41 Å². The highest BCUT2D eigenvalue weighted by Gasteiger charge is 2.50. The lowest BCUT2D eigenvalue weighted by Crippen LogP contribution is -2.19. The van der Waals surface area contributed by atoms with Crippen molar-refractivity contribution in [3.05, 3.63) is 35.9 Å². The Morgan fingerprint density at radius 2 is 2.00 bits per heavy atom. The molecular weight excluding hydrogens is 216 g/mol. The number of esters is 1. The molecular formula is C14H18O3. The maximum atomic E-state index is 11.9. The molecule has 2 rings (SSSR count). The average molecular weight is 234 g/mol. The summed E-state index contributed by atoms with van der Waals surface area (Å²) in [6.07, 6.45) is 3.23. The molecule has 0 aliphatic heterocycles. The molecule has 1 fully saturated rings. The van der Waals surface area contributed by atoms with E-state index in [9.17, 15) is 4.79 Å². The van der Waals surface area contributed by atoms with Gasteiger partial charge in [0.05, 0.1) is 5.41 Å². The molecule has 1 aromatic carbocycles. The Kier molecular flexibility index (Phi) is 3.79. The summed E-state index contributed by atoms with van der Waals surface area (Å²) in [7, 11) is 0. The van der Waals surface area contributed by atoms with Gasteiger partial charge in [-0.25, -0.2) is 0 Å². The first-order chi connectivity index (χ1) is 8.27. The van der Waals surface area contributed by atoms with Crippen molar-refractivity contribution in [1.82, 2.24) is 0 Å². The van der Waals surface area contributed by atoms with Crippen molar-refractivity contribution >= 4 is 5.97 Å². The SMILES string of the molecule is O=C(OCc1ccccc1)C1(CCCO)CC1. The van der Waals surface area contributed by atoms with E-state index >= 15 is 0 Å². The highest BCUT2D eigenvalue weighted by atomic mass is 16.5. The Bertz CT molecular complexity index is 368. The highest BCUT2D eigenvalue weighted by Crippen LogP contribution is 2.50. The fraction of sp³-hybridized carbons (Fsp3) is 0.500. The van der Waals surface area contributed by atoms with Crippen molar-refractivity contribution < 1.29 is 14.6 Å². The first-order valence-corrected chi connectivity index (χ1v) is 6.09. The van der Waals surface area contributed by atoms with Crippen LogP contribution >= 0.6 is 0 Å². The number of rotatable bonds is 6. The maximum absolute atomic E-state index is 11.9. The Hall–Kier alpha value is -1.35. The summed E-state index contributed by atoms with van der Waals surface area (Å²) in [5.41, 5.74) is 0.733. The minimum absolute atomic E-state index is 0.102. The van der Waals surface area contributed by atoms with Crippen LogP contribution in [0.3, 0.4) is 0 Å². The van der Waals surface area contributed by atoms with Gasteiger partial charge in [0.15, 0.2) is 0 Å². The summed E-state index contributed by atoms with van der Waals surface area (Å²) in [4.78, 5) is 11.9. The third-order valence-electron chi connectivity index (χ3n) is 3.31. The molecule has 1 aliphatic rings. The molecule has 3 nitrogen and oxygen atoms in total. The molecule has 1 aliphatic carbocycles. The van der Waals surface area contributed by atoms with Gasteiger partial charge in [0, 0.05) is 6.61 Å². The van der Waals surface area contributed by atoms with Gasteiger partial charge in [-0.2, -0.15) is 0 Å². The number of carbonyl (C=O) groups excluding carboxylic acids is 1. The van der Waals surface area contributed by atoms with E-state index in [1.54, 1.807) is 0 Å². The molecule has 0 bridgehead atoms. The molecule has 0 unspecified atom stereocenters. The molecule has 0 atom stereocenters. The van der Waals surface area contributed by atoms with Crippen molar-refractivity contribution in [1.29, 1.82) is 0 Å². The van der Waals surface area contributed by atoms with Crippen LogP contribution in [-0.4, -0.2) is 17.7 Å².